The Morgan fingerprint density at radius 1 is 0.800 bits per heavy atom. The number of primary amides is 1. The number of aliphatic hydroxyl groups excluding tert-OH is 1. The van der Waals surface area contributed by atoms with Crippen LogP contribution < -0.4 is 55.3 Å². The zero-order chi connectivity index (χ0) is 54.6. The highest BCUT2D eigenvalue weighted by Gasteiger charge is 2.44. The Morgan fingerprint density at radius 3 is 2.17 bits per heavy atom. The smallest absolute Gasteiger partial charge is 0.246 e. The number of amides is 7. The lowest BCUT2D eigenvalue weighted by molar-refractivity contribution is -0.143. The largest absolute Gasteiger partial charge is 0.391 e. The van der Waals surface area contributed by atoms with E-state index in [1.807, 2.05) is 24.3 Å². The van der Waals surface area contributed by atoms with Gasteiger partial charge in [-0.05, 0) is 75.0 Å². The number of H-pyrrole nitrogens is 1. The van der Waals surface area contributed by atoms with Crippen LogP contribution in [-0.2, 0) is 56.0 Å². The van der Waals surface area contributed by atoms with Gasteiger partial charge in [-0.15, -0.1) is 0 Å². The maximum absolute atomic E-state index is 14.8. The second kappa shape index (κ2) is 28.5. The van der Waals surface area contributed by atoms with Gasteiger partial charge < -0.3 is 70.2 Å². The molecule has 24 nitrogen and oxygen atoms in total. The number of aromatic nitrogens is 1. The molecule has 0 unspecified atom stereocenters. The minimum Gasteiger partial charge on any atom is -0.391 e. The number of ketones is 2. The van der Waals surface area contributed by atoms with Gasteiger partial charge in [0.1, 0.15) is 30.0 Å². The molecule has 0 spiro atoms. The topological polar surface area (TPSA) is 408 Å². The van der Waals surface area contributed by atoms with Gasteiger partial charge >= 0.3 is 0 Å². The van der Waals surface area contributed by atoms with E-state index in [9.17, 15) is 48.3 Å². The van der Waals surface area contributed by atoms with Crippen LogP contribution in [0, 0.1) is 11.8 Å². The van der Waals surface area contributed by atoms with Crippen LogP contribution in [0.5, 0.6) is 0 Å². The summed E-state index contributed by atoms with van der Waals surface area (Å²) in [5.74, 6) is -8.69. The van der Waals surface area contributed by atoms with E-state index in [4.69, 9.17) is 28.7 Å². The van der Waals surface area contributed by atoms with Crippen molar-refractivity contribution in [2.24, 2.45) is 50.5 Å². The van der Waals surface area contributed by atoms with E-state index in [0.29, 0.717) is 5.56 Å². The number of nitrogens with one attached hydrogen (secondary N) is 6. The lowest BCUT2D eigenvalue weighted by Gasteiger charge is -2.30. The molecule has 1 aromatic heterocycles. The van der Waals surface area contributed by atoms with Crippen LogP contribution in [-0.4, -0.2) is 142 Å². The number of aliphatic imine (C=N–C) groups is 2. The van der Waals surface area contributed by atoms with Crippen LogP contribution in [0.2, 0.25) is 0 Å². The third kappa shape index (κ3) is 18.2. The average molecular weight is 1040 g/mol. The number of fused-ring (bicyclic) bond motifs is 2. The van der Waals surface area contributed by atoms with E-state index >= 15 is 0 Å². The number of hydrogen-bond donors (Lipinski definition) is 12. The number of guanidine groups is 2. The Labute approximate surface area is 434 Å². The summed E-state index contributed by atoms with van der Waals surface area (Å²) in [5, 5.41) is 25.2. The second-order valence-electron chi connectivity index (χ2n) is 19.2. The van der Waals surface area contributed by atoms with Gasteiger partial charge in [-0.25, -0.2) is 0 Å². The number of nitrogens with two attached hydrogens (primary N) is 5. The summed E-state index contributed by atoms with van der Waals surface area (Å²) in [7, 11) is 0. The van der Waals surface area contributed by atoms with E-state index in [-0.39, 0.29) is 109 Å². The molecule has 7 amide bonds. The first-order valence-corrected chi connectivity index (χ1v) is 25.3. The molecule has 2 saturated heterocycles. The highest BCUT2D eigenvalue weighted by Crippen LogP contribution is 2.27. The maximum Gasteiger partial charge on any atom is 0.246 e. The van der Waals surface area contributed by atoms with Gasteiger partial charge in [-0.3, -0.25) is 53.1 Å². The molecular formula is C51H72N14O10. The van der Waals surface area contributed by atoms with Crippen LogP contribution in [0.15, 0.2) is 70.8 Å². The number of para-hydroxylation sites is 1. The molecule has 2 fully saturated rings. The number of Topliss-reactive ketones (excluding diaryl/α,β-unsaturated/α-hetero) is 2. The number of carbonyl (C=O) groups excluding carboxylic acids is 9. The van der Waals surface area contributed by atoms with Crippen molar-refractivity contribution in [1.29, 1.82) is 0 Å². The fraction of sp³-hybridized carbons (Fsp3) is 0.510. The maximum atomic E-state index is 14.8. The van der Waals surface area contributed by atoms with Crippen molar-refractivity contribution in [2.45, 2.75) is 127 Å². The van der Waals surface area contributed by atoms with Crippen LogP contribution in [0.4, 0.5) is 0 Å². The van der Waals surface area contributed by atoms with Gasteiger partial charge in [-0.1, -0.05) is 48.5 Å². The third-order valence-electron chi connectivity index (χ3n) is 13.3. The molecular weight excluding hydrogens is 969 g/mol. The molecule has 3 heterocycles. The summed E-state index contributed by atoms with van der Waals surface area (Å²) >= 11 is 0. The summed E-state index contributed by atoms with van der Waals surface area (Å²) in [6.07, 6.45) is 0.0991. The molecule has 406 valence electrons. The van der Waals surface area contributed by atoms with Gasteiger partial charge in [0.05, 0.1) is 18.6 Å². The van der Waals surface area contributed by atoms with Crippen LogP contribution in [0.25, 0.3) is 10.9 Å². The highest BCUT2D eigenvalue weighted by molar-refractivity contribution is 5.99. The summed E-state index contributed by atoms with van der Waals surface area (Å²) < 4.78 is 0. The predicted octanol–water partition coefficient (Wildman–Crippen LogP) is -1.69. The summed E-state index contributed by atoms with van der Waals surface area (Å²) in [5.41, 5.74) is 30.1. The molecule has 2 aliphatic heterocycles. The fourth-order valence-corrected chi connectivity index (χ4v) is 9.43. The SMILES string of the molecule is CC(=O)N[C@@H](CCCN=C(N)N)C(=O)N[C@H]1CC(=O)NCCCC[C@@H](C(N)=O)NC(=O)[C@H](Cc2c[nH]c3ccccc23)CC(=O)[C@H](CCCN=C(N)N)CC(=O)[C@@H](Cc2ccccc2)NC(=O)[C@@H]2C[C@@H](O)CN2C1=O. The summed E-state index contributed by atoms with van der Waals surface area (Å²) in [6.45, 7) is 1.07. The standard InChI is InChI=1S/C51H72N14O10/c1-29(66)61-38(17-10-20-59-51(55)56)47(73)64-40-26-44(70)57-18-8-7-16-37(45(52)71)62-46(72)32(22-33-27-60-36-15-6-5-14-35(33)36)24-42(68)31(13-9-19-58-50(53)54)23-43(69)39(21-30-11-3-2-4-12-30)63-48(74)41-25-34(67)28-65(41)49(40)75/h2-6,11-12,14-15,27,31-32,34,37-41,60,67H,7-10,13,16-26,28H2,1H3,(H2,52,71)(H,57,70)(H,61,66)(H,62,72)(H,63,74)(H,64,73)(H4,53,54,58)(H4,55,56,59)/t31-,32-,34-,37+,38+,39-,40+,41+/m1/s1. The number of rotatable bonds is 16. The lowest BCUT2D eigenvalue weighted by atomic mass is 9.83. The van der Waals surface area contributed by atoms with E-state index in [1.54, 1.807) is 36.5 Å². The van der Waals surface area contributed by atoms with Crippen molar-refractivity contribution in [1.82, 2.24) is 36.5 Å². The fourth-order valence-electron chi connectivity index (χ4n) is 9.43. The number of carbonyl (C=O) groups is 9. The molecule has 5 rings (SSSR count). The van der Waals surface area contributed by atoms with Crippen molar-refractivity contribution in [3.05, 3.63) is 71.9 Å². The normalized spacial score (nSPS) is 23.2. The molecule has 24 heteroatoms. The number of nitrogens with zero attached hydrogens (tertiary/aromatic N) is 3. The molecule has 3 aromatic rings. The Hall–Kier alpha value is -7.89. The van der Waals surface area contributed by atoms with Gasteiger partial charge in [0.25, 0.3) is 0 Å². The van der Waals surface area contributed by atoms with Crippen molar-refractivity contribution in [2.75, 3.05) is 26.2 Å². The van der Waals surface area contributed by atoms with E-state index < -0.39 is 114 Å². The Kier molecular flexibility index (Phi) is 22.1. The molecule has 0 aliphatic carbocycles. The Morgan fingerprint density at radius 2 is 1.48 bits per heavy atom. The monoisotopic (exact) mass is 1040 g/mol. The predicted molar refractivity (Wildman–Crippen MR) is 278 cm³/mol. The first-order valence-electron chi connectivity index (χ1n) is 25.3. The summed E-state index contributed by atoms with van der Waals surface area (Å²) in [4.78, 5) is 138. The molecule has 2 aliphatic rings. The van der Waals surface area contributed by atoms with Gasteiger partial charge in [0.15, 0.2) is 17.7 Å². The van der Waals surface area contributed by atoms with Crippen LogP contribution in [0.3, 0.4) is 0 Å². The molecule has 2 aromatic carbocycles. The van der Waals surface area contributed by atoms with Crippen LogP contribution in [0.1, 0.15) is 88.7 Å². The van der Waals surface area contributed by atoms with Crippen LogP contribution >= 0.6 is 0 Å². The molecule has 0 bridgehead atoms. The summed E-state index contributed by atoms with van der Waals surface area (Å²) in [6, 6.07) is 9.49. The first-order chi connectivity index (χ1) is 35.8. The number of hydrogen-bond acceptors (Lipinski definition) is 12. The molecule has 75 heavy (non-hydrogen) atoms. The van der Waals surface area contributed by atoms with Crippen molar-refractivity contribution < 1.29 is 48.3 Å². The van der Waals surface area contributed by atoms with Gasteiger partial charge in [0.2, 0.25) is 41.4 Å². The molecule has 17 N–H and O–H groups in total. The van der Waals surface area contributed by atoms with Crippen molar-refractivity contribution in [3.8, 4) is 0 Å². The van der Waals surface area contributed by atoms with Gasteiger partial charge in [-0.2, -0.15) is 0 Å². The zero-order valence-electron chi connectivity index (χ0n) is 42.3. The third-order valence-corrected chi connectivity index (χ3v) is 13.3. The Balaban J connectivity index is 1.53. The van der Waals surface area contributed by atoms with Crippen molar-refractivity contribution in [3.63, 3.8) is 0 Å². The minimum atomic E-state index is -1.63. The number of aromatic amines is 1. The number of benzene rings is 2. The quantitative estimate of drug-likeness (QED) is 0.0433. The zero-order valence-corrected chi connectivity index (χ0v) is 42.3. The van der Waals surface area contributed by atoms with E-state index in [2.05, 4.69) is 41.6 Å². The first kappa shape index (κ1) is 58.0. The second-order valence-corrected chi connectivity index (χ2v) is 19.2. The highest BCUT2D eigenvalue weighted by atomic mass is 16.3. The van der Waals surface area contributed by atoms with E-state index in [0.717, 1.165) is 21.4 Å². The Bertz CT molecular complexity index is 2560. The molecule has 0 saturated carbocycles. The lowest BCUT2D eigenvalue weighted by Crippen LogP contribution is -2.58. The molecule has 8 atom stereocenters. The average Bonchev–Trinajstić information content (AvgIpc) is 3.96. The molecule has 0 radical (unpaired) electrons. The minimum absolute atomic E-state index is 0.0268. The number of aliphatic hydroxyl groups is 1. The van der Waals surface area contributed by atoms with E-state index in [1.165, 1.54) is 6.92 Å². The van der Waals surface area contributed by atoms with Gasteiger partial charge in [0, 0.05) is 81.3 Å². The van der Waals surface area contributed by atoms with Crippen molar-refractivity contribution >= 4 is 75.7 Å².